The van der Waals surface area contributed by atoms with Gasteiger partial charge < -0.3 is 10.2 Å². The smallest absolute Gasteiger partial charge is 0.226 e. The molecule has 3 rings (SSSR count). The van der Waals surface area contributed by atoms with Crippen LogP contribution in [-0.2, 0) is 22.7 Å². The summed E-state index contributed by atoms with van der Waals surface area (Å²) in [6, 6.07) is 18.0. The molecule has 2 amide bonds. The average Bonchev–Trinajstić information content (AvgIpc) is 3.46. The summed E-state index contributed by atoms with van der Waals surface area (Å²) in [4.78, 5) is 27.0. The molecule has 0 radical (unpaired) electrons. The summed E-state index contributed by atoms with van der Waals surface area (Å²) >= 11 is 0. The molecule has 1 saturated carbocycles. The lowest BCUT2D eigenvalue weighted by molar-refractivity contribution is -0.135. The van der Waals surface area contributed by atoms with Crippen LogP contribution in [0.3, 0.4) is 0 Å². The lowest BCUT2D eigenvalue weighted by atomic mass is 10.1. The fourth-order valence-corrected chi connectivity index (χ4v) is 3.26. The zero-order valence-corrected chi connectivity index (χ0v) is 15.4. The number of carbonyl (C=O) groups is 2. The molecule has 4 nitrogen and oxygen atoms in total. The SMILES string of the molecule is CCN(Cc1ccccc1)C(=O)C1CC1C(=O)NCc1ccccc1C. The maximum Gasteiger partial charge on any atom is 0.226 e. The fourth-order valence-electron chi connectivity index (χ4n) is 3.26. The van der Waals surface area contributed by atoms with Gasteiger partial charge in [-0.25, -0.2) is 0 Å². The Morgan fingerprint density at radius 2 is 1.73 bits per heavy atom. The molecule has 136 valence electrons. The number of benzene rings is 2. The fraction of sp³-hybridized carbons (Fsp3) is 0.364. The molecule has 2 aromatic rings. The van der Waals surface area contributed by atoms with Gasteiger partial charge in [0.2, 0.25) is 11.8 Å². The molecule has 0 bridgehead atoms. The Bertz CT molecular complexity index is 773. The number of amides is 2. The topological polar surface area (TPSA) is 49.4 Å². The van der Waals surface area contributed by atoms with Gasteiger partial charge in [-0.15, -0.1) is 0 Å². The third kappa shape index (κ3) is 4.31. The van der Waals surface area contributed by atoms with Gasteiger partial charge in [0.05, 0.1) is 11.8 Å². The summed E-state index contributed by atoms with van der Waals surface area (Å²) in [5.74, 6) is -0.276. The molecule has 1 aliphatic rings. The molecule has 2 atom stereocenters. The van der Waals surface area contributed by atoms with E-state index in [9.17, 15) is 9.59 Å². The summed E-state index contributed by atoms with van der Waals surface area (Å²) in [5.41, 5.74) is 3.39. The van der Waals surface area contributed by atoms with E-state index in [1.165, 1.54) is 0 Å². The summed E-state index contributed by atoms with van der Waals surface area (Å²) in [6.07, 6.45) is 0.656. The van der Waals surface area contributed by atoms with Crippen molar-refractivity contribution in [2.75, 3.05) is 6.54 Å². The largest absolute Gasteiger partial charge is 0.352 e. The van der Waals surface area contributed by atoms with Crippen molar-refractivity contribution < 1.29 is 9.59 Å². The second-order valence-corrected chi connectivity index (χ2v) is 6.93. The van der Waals surface area contributed by atoms with Crippen molar-refractivity contribution in [3.63, 3.8) is 0 Å². The average molecular weight is 350 g/mol. The lowest BCUT2D eigenvalue weighted by Gasteiger charge is -2.21. The van der Waals surface area contributed by atoms with Crippen molar-refractivity contribution in [3.05, 3.63) is 71.3 Å². The van der Waals surface area contributed by atoms with Gasteiger partial charge in [-0.1, -0.05) is 54.6 Å². The zero-order chi connectivity index (χ0) is 18.5. The highest BCUT2D eigenvalue weighted by Gasteiger charge is 2.49. The van der Waals surface area contributed by atoms with Crippen molar-refractivity contribution in [1.29, 1.82) is 0 Å². The first-order valence-corrected chi connectivity index (χ1v) is 9.25. The second kappa shape index (κ2) is 8.17. The maximum atomic E-state index is 12.7. The Labute approximate surface area is 155 Å². The first kappa shape index (κ1) is 18.2. The van der Waals surface area contributed by atoms with Crippen molar-refractivity contribution in [2.45, 2.75) is 33.4 Å². The van der Waals surface area contributed by atoms with Crippen LogP contribution in [0.4, 0.5) is 0 Å². The Balaban J connectivity index is 1.52. The molecule has 0 spiro atoms. The third-order valence-corrected chi connectivity index (χ3v) is 5.07. The molecular formula is C22H26N2O2. The first-order valence-electron chi connectivity index (χ1n) is 9.25. The van der Waals surface area contributed by atoms with Crippen LogP contribution in [0.15, 0.2) is 54.6 Å². The van der Waals surface area contributed by atoms with E-state index in [1.54, 1.807) is 0 Å². The number of nitrogens with zero attached hydrogens (tertiary/aromatic N) is 1. The van der Waals surface area contributed by atoms with Gasteiger partial charge >= 0.3 is 0 Å². The van der Waals surface area contributed by atoms with E-state index in [-0.39, 0.29) is 23.7 Å². The summed E-state index contributed by atoms with van der Waals surface area (Å²) in [7, 11) is 0. The second-order valence-electron chi connectivity index (χ2n) is 6.93. The van der Waals surface area contributed by atoms with Crippen LogP contribution < -0.4 is 5.32 Å². The van der Waals surface area contributed by atoms with Crippen molar-refractivity contribution in [3.8, 4) is 0 Å². The third-order valence-electron chi connectivity index (χ3n) is 5.07. The van der Waals surface area contributed by atoms with E-state index < -0.39 is 0 Å². The quantitative estimate of drug-likeness (QED) is 0.833. The lowest BCUT2D eigenvalue weighted by Crippen LogP contribution is -2.34. The molecule has 0 aromatic heterocycles. The molecule has 2 unspecified atom stereocenters. The van der Waals surface area contributed by atoms with E-state index >= 15 is 0 Å². The Morgan fingerprint density at radius 1 is 1.04 bits per heavy atom. The van der Waals surface area contributed by atoms with Gasteiger partial charge in [-0.3, -0.25) is 9.59 Å². The highest BCUT2D eigenvalue weighted by molar-refractivity contribution is 5.92. The zero-order valence-electron chi connectivity index (χ0n) is 15.4. The van der Waals surface area contributed by atoms with E-state index in [0.717, 1.165) is 16.7 Å². The number of nitrogens with one attached hydrogen (secondary N) is 1. The minimum absolute atomic E-state index is 0.0117. The van der Waals surface area contributed by atoms with Crippen LogP contribution in [0.25, 0.3) is 0 Å². The van der Waals surface area contributed by atoms with Crippen LogP contribution in [-0.4, -0.2) is 23.3 Å². The van der Waals surface area contributed by atoms with E-state index in [2.05, 4.69) is 5.32 Å². The molecule has 0 saturated heterocycles. The minimum Gasteiger partial charge on any atom is -0.352 e. The Hall–Kier alpha value is -2.62. The van der Waals surface area contributed by atoms with Crippen LogP contribution >= 0.6 is 0 Å². The van der Waals surface area contributed by atoms with Crippen LogP contribution in [0.5, 0.6) is 0 Å². The molecule has 1 N–H and O–H groups in total. The Kier molecular flexibility index (Phi) is 5.71. The minimum atomic E-state index is -0.184. The predicted octanol–water partition coefficient (Wildman–Crippen LogP) is 3.30. The molecule has 4 heteroatoms. The van der Waals surface area contributed by atoms with E-state index in [4.69, 9.17) is 0 Å². The first-order chi connectivity index (χ1) is 12.6. The summed E-state index contributed by atoms with van der Waals surface area (Å²) < 4.78 is 0. The molecule has 0 aliphatic heterocycles. The molecule has 1 fully saturated rings. The van der Waals surface area contributed by atoms with Crippen molar-refractivity contribution in [2.24, 2.45) is 11.8 Å². The van der Waals surface area contributed by atoms with Gasteiger partial charge in [0.25, 0.3) is 0 Å². The number of rotatable bonds is 7. The molecule has 1 aliphatic carbocycles. The molecule has 2 aromatic carbocycles. The van der Waals surface area contributed by atoms with Crippen LogP contribution in [0.1, 0.15) is 30.0 Å². The molecule has 0 heterocycles. The number of hydrogen-bond acceptors (Lipinski definition) is 2. The summed E-state index contributed by atoms with van der Waals surface area (Å²) in [5, 5.41) is 2.98. The monoisotopic (exact) mass is 350 g/mol. The van der Waals surface area contributed by atoms with Crippen LogP contribution in [0, 0.1) is 18.8 Å². The van der Waals surface area contributed by atoms with Crippen molar-refractivity contribution in [1.82, 2.24) is 10.2 Å². The summed E-state index contributed by atoms with van der Waals surface area (Å²) in [6.45, 7) is 5.79. The Morgan fingerprint density at radius 3 is 2.42 bits per heavy atom. The van der Waals surface area contributed by atoms with Gasteiger partial charge in [0.15, 0.2) is 0 Å². The normalized spacial score (nSPS) is 18.2. The number of hydrogen-bond donors (Lipinski definition) is 1. The highest BCUT2D eigenvalue weighted by atomic mass is 16.2. The highest BCUT2D eigenvalue weighted by Crippen LogP contribution is 2.40. The van der Waals surface area contributed by atoms with Gasteiger partial charge in [-0.2, -0.15) is 0 Å². The van der Waals surface area contributed by atoms with Gasteiger partial charge in [-0.05, 0) is 37.0 Å². The van der Waals surface area contributed by atoms with Crippen molar-refractivity contribution >= 4 is 11.8 Å². The molecular weight excluding hydrogens is 324 g/mol. The van der Waals surface area contributed by atoms with E-state index in [0.29, 0.717) is 26.1 Å². The number of carbonyl (C=O) groups excluding carboxylic acids is 2. The van der Waals surface area contributed by atoms with Gasteiger partial charge in [0, 0.05) is 19.6 Å². The number of aryl methyl sites for hydroxylation is 1. The maximum absolute atomic E-state index is 12.7. The standard InChI is InChI=1S/C22H26N2O2/c1-3-24(15-17-10-5-4-6-11-17)22(26)20-13-19(20)21(25)23-14-18-12-8-7-9-16(18)2/h4-12,19-20H,3,13-15H2,1-2H3,(H,23,25). The predicted molar refractivity (Wildman–Crippen MR) is 102 cm³/mol. The van der Waals surface area contributed by atoms with E-state index in [1.807, 2.05) is 73.3 Å². The molecule has 26 heavy (non-hydrogen) atoms. The van der Waals surface area contributed by atoms with Gasteiger partial charge in [0.1, 0.15) is 0 Å². The van der Waals surface area contributed by atoms with Crippen LogP contribution in [0.2, 0.25) is 0 Å².